The number of anilines is 2. The summed E-state index contributed by atoms with van der Waals surface area (Å²) in [7, 11) is 0. The van der Waals surface area contributed by atoms with Gasteiger partial charge in [0.15, 0.2) is 0 Å². The number of hydrogen-bond donors (Lipinski definition) is 2. The molecule has 0 aliphatic rings. The third-order valence-electron chi connectivity index (χ3n) is 2.47. The standard InChI is InChI=1S/C12H13N3O2/c1-2-15(9-6-4-3-5-7-9)10-8-13-12(17)14-11(10)16/h3-8H,2H2,1H3,(H2,13,14,16,17). The minimum absolute atomic E-state index is 0.389. The summed E-state index contributed by atoms with van der Waals surface area (Å²) < 4.78 is 0. The number of rotatable bonds is 3. The molecule has 0 saturated carbocycles. The predicted octanol–water partition coefficient (Wildman–Crippen LogP) is 1.22. The maximum atomic E-state index is 11.7. The third-order valence-corrected chi connectivity index (χ3v) is 2.47. The second kappa shape index (κ2) is 4.69. The molecule has 88 valence electrons. The van der Waals surface area contributed by atoms with Gasteiger partial charge in [-0.15, -0.1) is 0 Å². The topological polar surface area (TPSA) is 69.0 Å². The molecule has 0 aliphatic heterocycles. The van der Waals surface area contributed by atoms with Crippen molar-refractivity contribution >= 4 is 11.4 Å². The molecule has 2 N–H and O–H groups in total. The Morgan fingerprint density at radius 2 is 1.88 bits per heavy atom. The van der Waals surface area contributed by atoms with Crippen LogP contribution < -0.4 is 16.1 Å². The summed E-state index contributed by atoms with van der Waals surface area (Å²) in [6.07, 6.45) is 1.43. The largest absolute Gasteiger partial charge is 0.336 e. The Kier molecular flexibility index (Phi) is 3.09. The van der Waals surface area contributed by atoms with Crippen molar-refractivity contribution in [3.63, 3.8) is 0 Å². The second-order valence-electron chi connectivity index (χ2n) is 3.54. The summed E-state index contributed by atoms with van der Waals surface area (Å²) in [5, 5.41) is 0. The van der Waals surface area contributed by atoms with Gasteiger partial charge in [0.05, 0.1) is 0 Å². The molecule has 17 heavy (non-hydrogen) atoms. The molecule has 0 radical (unpaired) electrons. The lowest BCUT2D eigenvalue weighted by Crippen LogP contribution is -2.29. The van der Waals surface area contributed by atoms with E-state index in [0.717, 1.165) is 5.69 Å². The Balaban J connectivity index is 2.50. The van der Waals surface area contributed by atoms with Gasteiger partial charge in [-0.3, -0.25) is 9.78 Å². The average molecular weight is 231 g/mol. The lowest BCUT2D eigenvalue weighted by Gasteiger charge is -2.21. The predicted molar refractivity (Wildman–Crippen MR) is 66.8 cm³/mol. The lowest BCUT2D eigenvalue weighted by atomic mass is 10.2. The van der Waals surface area contributed by atoms with Crippen LogP contribution in [0, 0.1) is 0 Å². The van der Waals surface area contributed by atoms with E-state index in [0.29, 0.717) is 12.2 Å². The number of H-pyrrole nitrogens is 2. The Bertz CT molecular complexity index is 601. The van der Waals surface area contributed by atoms with Crippen LogP contribution in [0.4, 0.5) is 11.4 Å². The monoisotopic (exact) mass is 231 g/mol. The number of para-hydroxylation sites is 1. The number of hydrogen-bond acceptors (Lipinski definition) is 3. The Morgan fingerprint density at radius 1 is 1.18 bits per heavy atom. The van der Waals surface area contributed by atoms with Crippen molar-refractivity contribution in [3.05, 3.63) is 57.4 Å². The summed E-state index contributed by atoms with van der Waals surface area (Å²) in [5.41, 5.74) is 0.452. The maximum absolute atomic E-state index is 11.7. The first-order valence-electron chi connectivity index (χ1n) is 5.37. The highest BCUT2D eigenvalue weighted by atomic mass is 16.2. The highest BCUT2D eigenvalue weighted by molar-refractivity contribution is 5.61. The minimum atomic E-state index is -0.497. The van der Waals surface area contributed by atoms with Gasteiger partial charge in [0.2, 0.25) is 0 Å². The van der Waals surface area contributed by atoms with E-state index in [-0.39, 0.29) is 5.56 Å². The Labute approximate surface area is 97.7 Å². The van der Waals surface area contributed by atoms with Crippen LogP contribution >= 0.6 is 0 Å². The molecule has 1 heterocycles. The van der Waals surface area contributed by atoms with Crippen LogP contribution in [-0.4, -0.2) is 16.5 Å². The molecule has 0 amide bonds. The number of nitrogens with one attached hydrogen (secondary N) is 2. The van der Waals surface area contributed by atoms with Crippen LogP contribution in [0.2, 0.25) is 0 Å². The van der Waals surface area contributed by atoms with Crippen LogP contribution in [0.1, 0.15) is 6.92 Å². The summed E-state index contributed by atoms with van der Waals surface area (Å²) in [6, 6.07) is 9.53. The van der Waals surface area contributed by atoms with Crippen molar-refractivity contribution in [2.45, 2.75) is 6.92 Å². The first-order valence-corrected chi connectivity index (χ1v) is 5.37. The van der Waals surface area contributed by atoms with Crippen LogP contribution in [-0.2, 0) is 0 Å². The Hall–Kier alpha value is -2.30. The van der Waals surface area contributed by atoms with Gasteiger partial charge in [0.1, 0.15) is 5.69 Å². The van der Waals surface area contributed by atoms with Gasteiger partial charge < -0.3 is 9.88 Å². The number of nitrogens with zero attached hydrogens (tertiary/aromatic N) is 1. The molecule has 2 rings (SSSR count). The summed E-state index contributed by atoms with van der Waals surface area (Å²) in [5.74, 6) is 0. The molecule has 1 aromatic heterocycles. The van der Waals surface area contributed by atoms with Gasteiger partial charge in [0.25, 0.3) is 5.56 Å². The van der Waals surface area contributed by atoms with Gasteiger partial charge >= 0.3 is 5.69 Å². The number of aromatic nitrogens is 2. The van der Waals surface area contributed by atoms with Crippen molar-refractivity contribution < 1.29 is 0 Å². The molecule has 0 spiro atoms. The molecule has 5 heteroatoms. The Morgan fingerprint density at radius 3 is 2.47 bits per heavy atom. The van der Waals surface area contributed by atoms with E-state index in [9.17, 15) is 9.59 Å². The van der Waals surface area contributed by atoms with E-state index in [2.05, 4.69) is 9.97 Å². The van der Waals surface area contributed by atoms with Crippen molar-refractivity contribution in [2.75, 3.05) is 11.4 Å². The van der Waals surface area contributed by atoms with Gasteiger partial charge in [-0.25, -0.2) is 4.79 Å². The fraction of sp³-hybridized carbons (Fsp3) is 0.167. The molecule has 0 unspecified atom stereocenters. The lowest BCUT2D eigenvalue weighted by molar-refractivity contribution is 0.958. The summed E-state index contributed by atoms with van der Waals surface area (Å²) >= 11 is 0. The van der Waals surface area contributed by atoms with Crippen LogP contribution in [0.3, 0.4) is 0 Å². The van der Waals surface area contributed by atoms with E-state index < -0.39 is 5.69 Å². The molecule has 1 aromatic carbocycles. The summed E-state index contributed by atoms with van der Waals surface area (Å²) in [6.45, 7) is 2.58. The van der Waals surface area contributed by atoms with Gasteiger partial charge in [-0.1, -0.05) is 18.2 Å². The zero-order valence-corrected chi connectivity index (χ0v) is 9.43. The van der Waals surface area contributed by atoms with Crippen molar-refractivity contribution in [1.82, 2.24) is 9.97 Å². The molecule has 0 bridgehead atoms. The number of aromatic amines is 2. The molecule has 0 atom stereocenters. The van der Waals surface area contributed by atoms with E-state index in [1.807, 2.05) is 42.2 Å². The fourth-order valence-electron chi connectivity index (χ4n) is 1.70. The van der Waals surface area contributed by atoms with E-state index in [1.165, 1.54) is 6.20 Å². The highest BCUT2D eigenvalue weighted by Gasteiger charge is 2.10. The minimum Gasteiger partial charge on any atom is -0.336 e. The first kappa shape index (κ1) is 11.2. The zero-order valence-electron chi connectivity index (χ0n) is 9.43. The quantitative estimate of drug-likeness (QED) is 0.834. The van der Waals surface area contributed by atoms with Crippen molar-refractivity contribution in [1.29, 1.82) is 0 Å². The average Bonchev–Trinajstić information content (AvgIpc) is 2.34. The van der Waals surface area contributed by atoms with Crippen LogP contribution in [0.15, 0.2) is 46.1 Å². The van der Waals surface area contributed by atoms with Crippen molar-refractivity contribution in [3.8, 4) is 0 Å². The van der Waals surface area contributed by atoms with Gasteiger partial charge in [0, 0.05) is 18.4 Å². The molecular weight excluding hydrogens is 218 g/mol. The molecule has 0 saturated heterocycles. The van der Waals surface area contributed by atoms with Crippen molar-refractivity contribution in [2.24, 2.45) is 0 Å². The molecular formula is C12H13N3O2. The van der Waals surface area contributed by atoms with Crippen LogP contribution in [0.25, 0.3) is 0 Å². The smallest absolute Gasteiger partial charge is 0.325 e. The van der Waals surface area contributed by atoms with E-state index >= 15 is 0 Å². The third kappa shape index (κ3) is 2.28. The van der Waals surface area contributed by atoms with Gasteiger partial charge in [-0.2, -0.15) is 0 Å². The maximum Gasteiger partial charge on any atom is 0.325 e. The highest BCUT2D eigenvalue weighted by Crippen LogP contribution is 2.19. The summed E-state index contributed by atoms with van der Waals surface area (Å²) in [4.78, 5) is 29.2. The van der Waals surface area contributed by atoms with Crippen LogP contribution in [0.5, 0.6) is 0 Å². The first-order chi connectivity index (χ1) is 8.22. The van der Waals surface area contributed by atoms with E-state index in [4.69, 9.17) is 0 Å². The fourth-order valence-corrected chi connectivity index (χ4v) is 1.70. The normalized spacial score (nSPS) is 10.2. The molecule has 2 aromatic rings. The second-order valence-corrected chi connectivity index (χ2v) is 3.54. The molecule has 5 nitrogen and oxygen atoms in total. The molecule has 0 fully saturated rings. The van der Waals surface area contributed by atoms with E-state index in [1.54, 1.807) is 0 Å². The SMILES string of the molecule is CCN(c1ccccc1)c1c[nH]c(=O)[nH]c1=O. The van der Waals surface area contributed by atoms with Gasteiger partial charge in [-0.05, 0) is 19.1 Å². The zero-order chi connectivity index (χ0) is 12.3. The number of benzene rings is 1. The molecule has 0 aliphatic carbocycles.